The smallest absolute Gasteiger partial charge is 0.234 e. The molecule has 0 saturated heterocycles. The molecule has 0 radical (unpaired) electrons. The van der Waals surface area contributed by atoms with Gasteiger partial charge in [-0.05, 0) is 6.92 Å². The Morgan fingerprint density at radius 2 is 2.45 bits per heavy atom. The minimum Gasteiger partial charge on any atom is -0.257 e. The van der Waals surface area contributed by atoms with Crippen LogP contribution in [-0.4, -0.2) is 23.5 Å². The Hall–Kier alpha value is -0.690. The molecular weight excluding hydrogens is 186 g/mol. The molecule has 0 unspecified atom stereocenters. The van der Waals surface area contributed by atoms with Gasteiger partial charge in [-0.25, -0.2) is 13.4 Å². The van der Waals surface area contributed by atoms with Crippen molar-refractivity contribution in [2.24, 2.45) is 0 Å². The van der Waals surface area contributed by atoms with Crippen LogP contribution in [0.25, 0.3) is 0 Å². The minimum atomic E-state index is -3.18. The molecule has 0 atom stereocenters. The van der Waals surface area contributed by atoms with Crippen LogP contribution in [0.15, 0.2) is 6.33 Å². The first-order valence-electron chi connectivity index (χ1n) is 2.91. The van der Waals surface area contributed by atoms with Crippen molar-refractivity contribution < 1.29 is 8.42 Å². The molecule has 0 aromatic carbocycles. The van der Waals surface area contributed by atoms with Crippen LogP contribution in [0, 0.1) is 0 Å². The van der Waals surface area contributed by atoms with E-state index in [0.717, 1.165) is 11.5 Å². The fourth-order valence-electron chi connectivity index (χ4n) is 0.423. The Balaban J connectivity index is 2.72. The van der Waals surface area contributed by atoms with E-state index in [1.807, 2.05) is 0 Å². The monoisotopic (exact) mass is 193 g/mol. The minimum absolute atomic E-state index is 0.0482. The highest BCUT2D eigenvalue weighted by molar-refractivity contribution is 7.92. The van der Waals surface area contributed by atoms with E-state index in [1.165, 1.54) is 6.33 Å². The lowest BCUT2D eigenvalue weighted by Gasteiger charge is -1.98. The van der Waals surface area contributed by atoms with Gasteiger partial charge in [0, 0.05) is 11.5 Å². The van der Waals surface area contributed by atoms with Gasteiger partial charge in [-0.15, -0.1) is 0 Å². The predicted octanol–water partition coefficient (Wildman–Crippen LogP) is 0.300. The molecule has 7 heteroatoms. The normalized spacial score (nSPS) is 11.4. The number of nitrogens with zero attached hydrogens (tertiary/aromatic N) is 2. The summed E-state index contributed by atoms with van der Waals surface area (Å²) in [6, 6.07) is 0. The fourth-order valence-corrected chi connectivity index (χ4v) is 1.70. The number of rotatable bonds is 3. The molecule has 0 amide bonds. The highest BCUT2D eigenvalue weighted by Gasteiger charge is 2.07. The zero-order valence-corrected chi connectivity index (χ0v) is 7.44. The number of hydrogen-bond acceptors (Lipinski definition) is 5. The van der Waals surface area contributed by atoms with E-state index < -0.39 is 10.0 Å². The predicted molar refractivity (Wildman–Crippen MR) is 43.0 cm³/mol. The third kappa shape index (κ3) is 2.43. The summed E-state index contributed by atoms with van der Waals surface area (Å²) in [4.78, 5) is 3.67. The zero-order chi connectivity index (χ0) is 8.32. The van der Waals surface area contributed by atoms with Gasteiger partial charge >= 0.3 is 0 Å². The second-order valence-corrected chi connectivity index (χ2v) is 4.54. The molecule has 0 spiro atoms. The number of aromatic nitrogens is 2. The van der Waals surface area contributed by atoms with Crippen LogP contribution in [-0.2, 0) is 10.0 Å². The summed E-state index contributed by atoms with van der Waals surface area (Å²) in [6.45, 7) is 1.56. The lowest BCUT2D eigenvalue weighted by molar-refractivity contribution is 0.602. The molecular formula is C4H7N3O2S2. The second-order valence-electron chi connectivity index (χ2n) is 1.75. The van der Waals surface area contributed by atoms with Crippen molar-refractivity contribution >= 4 is 26.7 Å². The molecule has 1 aromatic heterocycles. The molecule has 1 heterocycles. The molecule has 0 fully saturated rings. The zero-order valence-electron chi connectivity index (χ0n) is 5.81. The second kappa shape index (κ2) is 3.14. The van der Waals surface area contributed by atoms with Crippen molar-refractivity contribution in [3.8, 4) is 0 Å². The molecule has 0 aliphatic carbocycles. The summed E-state index contributed by atoms with van der Waals surface area (Å²) in [5.41, 5.74) is 0. The van der Waals surface area contributed by atoms with Crippen molar-refractivity contribution in [1.29, 1.82) is 0 Å². The lowest BCUT2D eigenvalue weighted by Crippen LogP contribution is -2.14. The Kier molecular flexibility index (Phi) is 2.40. The van der Waals surface area contributed by atoms with E-state index in [2.05, 4.69) is 14.1 Å². The molecule has 1 aromatic rings. The van der Waals surface area contributed by atoms with E-state index in [1.54, 1.807) is 6.92 Å². The molecule has 5 nitrogen and oxygen atoms in total. The van der Waals surface area contributed by atoms with E-state index in [4.69, 9.17) is 0 Å². The average Bonchev–Trinajstić information content (AvgIpc) is 2.39. The summed E-state index contributed by atoms with van der Waals surface area (Å²) < 4.78 is 27.7. The molecule has 0 aliphatic rings. The Morgan fingerprint density at radius 1 is 1.73 bits per heavy atom. The molecule has 1 rings (SSSR count). The van der Waals surface area contributed by atoms with Gasteiger partial charge in [-0.1, -0.05) is 0 Å². The molecule has 62 valence electrons. The molecule has 0 bridgehead atoms. The fraction of sp³-hybridized carbons (Fsp3) is 0.500. The van der Waals surface area contributed by atoms with E-state index in [0.29, 0.717) is 5.13 Å². The van der Waals surface area contributed by atoms with Gasteiger partial charge in [-0.3, -0.25) is 4.72 Å². The largest absolute Gasteiger partial charge is 0.257 e. The molecule has 0 saturated carbocycles. The van der Waals surface area contributed by atoms with Crippen LogP contribution in [0.3, 0.4) is 0 Å². The summed E-state index contributed by atoms with van der Waals surface area (Å²) in [7, 11) is -3.18. The first-order valence-corrected chi connectivity index (χ1v) is 5.34. The number of nitrogens with one attached hydrogen (secondary N) is 1. The first-order chi connectivity index (χ1) is 5.14. The van der Waals surface area contributed by atoms with Crippen LogP contribution in [0.4, 0.5) is 5.13 Å². The lowest BCUT2D eigenvalue weighted by atomic mass is 11.0. The quantitative estimate of drug-likeness (QED) is 0.749. The highest BCUT2D eigenvalue weighted by Crippen LogP contribution is 2.08. The number of sulfonamides is 1. The van der Waals surface area contributed by atoms with Gasteiger partial charge < -0.3 is 0 Å². The van der Waals surface area contributed by atoms with Gasteiger partial charge in [0.2, 0.25) is 15.2 Å². The van der Waals surface area contributed by atoms with Gasteiger partial charge in [-0.2, -0.15) is 4.37 Å². The number of anilines is 1. The SMILES string of the molecule is CCS(=O)(=O)Nc1ncns1. The van der Waals surface area contributed by atoms with Gasteiger partial charge in [0.05, 0.1) is 5.75 Å². The topological polar surface area (TPSA) is 72.0 Å². The maximum absolute atomic E-state index is 10.9. The summed E-state index contributed by atoms with van der Waals surface area (Å²) in [5.74, 6) is 0.0482. The van der Waals surface area contributed by atoms with Crippen LogP contribution in [0.5, 0.6) is 0 Å². The third-order valence-corrected chi connectivity index (χ3v) is 2.96. The van der Waals surface area contributed by atoms with Crippen LogP contribution in [0.2, 0.25) is 0 Å². The first kappa shape index (κ1) is 8.41. The Labute approximate surface area is 68.7 Å². The van der Waals surface area contributed by atoms with Gasteiger partial charge in [0.15, 0.2) is 0 Å². The van der Waals surface area contributed by atoms with Crippen molar-refractivity contribution in [1.82, 2.24) is 9.36 Å². The van der Waals surface area contributed by atoms with Crippen molar-refractivity contribution in [3.63, 3.8) is 0 Å². The van der Waals surface area contributed by atoms with Crippen molar-refractivity contribution in [3.05, 3.63) is 6.33 Å². The number of hydrogen-bond donors (Lipinski definition) is 1. The average molecular weight is 193 g/mol. The van der Waals surface area contributed by atoms with E-state index in [-0.39, 0.29) is 5.75 Å². The molecule has 11 heavy (non-hydrogen) atoms. The maximum atomic E-state index is 10.9. The van der Waals surface area contributed by atoms with E-state index in [9.17, 15) is 8.42 Å². The van der Waals surface area contributed by atoms with Crippen LogP contribution >= 0.6 is 11.5 Å². The summed E-state index contributed by atoms with van der Waals surface area (Å²) in [5, 5.41) is 0.312. The third-order valence-electron chi connectivity index (χ3n) is 0.984. The maximum Gasteiger partial charge on any atom is 0.234 e. The molecule has 1 N–H and O–H groups in total. The molecule has 0 aliphatic heterocycles. The van der Waals surface area contributed by atoms with Crippen LogP contribution < -0.4 is 4.72 Å². The van der Waals surface area contributed by atoms with Gasteiger partial charge in [0.1, 0.15) is 6.33 Å². The summed E-state index contributed by atoms with van der Waals surface area (Å²) >= 11 is 1.01. The van der Waals surface area contributed by atoms with E-state index >= 15 is 0 Å². The Morgan fingerprint density at radius 3 is 2.91 bits per heavy atom. The van der Waals surface area contributed by atoms with Crippen molar-refractivity contribution in [2.75, 3.05) is 10.5 Å². The van der Waals surface area contributed by atoms with Crippen LogP contribution in [0.1, 0.15) is 6.92 Å². The highest BCUT2D eigenvalue weighted by atomic mass is 32.2. The van der Waals surface area contributed by atoms with Crippen molar-refractivity contribution in [2.45, 2.75) is 6.92 Å². The standard InChI is InChI=1S/C4H7N3O2S2/c1-2-11(8,9)7-4-5-3-6-10-4/h3H,2H2,1H3,(H,5,6,7). The summed E-state index contributed by atoms with van der Waals surface area (Å²) in [6.07, 6.45) is 1.30. The van der Waals surface area contributed by atoms with Gasteiger partial charge in [0.25, 0.3) is 0 Å². The Bertz CT molecular complexity index is 304.